The molecule has 106 valence electrons. The van der Waals surface area contributed by atoms with Crippen molar-refractivity contribution >= 4 is 5.69 Å². The summed E-state index contributed by atoms with van der Waals surface area (Å²) in [7, 11) is 1.63. The van der Waals surface area contributed by atoms with Gasteiger partial charge in [0.2, 0.25) is 0 Å². The van der Waals surface area contributed by atoms with E-state index in [4.69, 9.17) is 9.47 Å². The van der Waals surface area contributed by atoms with E-state index in [0.717, 1.165) is 5.56 Å². The number of benzene rings is 1. The molecular weight excluding hydrogens is 248 g/mol. The minimum absolute atomic E-state index is 0.163. The minimum Gasteiger partial charge on any atom is -0.382 e. The maximum atomic E-state index is 10.8. The van der Waals surface area contributed by atoms with E-state index in [9.17, 15) is 10.1 Å². The molecule has 0 spiro atoms. The molecule has 1 rings (SSSR count). The maximum Gasteiger partial charge on any atom is 0.272 e. The zero-order chi connectivity index (χ0) is 14.1. The molecule has 6 heteroatoms. The van der Waals surface area contributed by atoms with Gasteiger partial charge in [-0.25, -0.2) is 0 Å². The first-order valence-electron chi connectivity index (χ1n) is 6.17. The van der Waals surface area contributed by atoms with Gasteiger partial charge in [-0.3, -0.25) is 10.1 Å². The van der Waals surface area contributed by atoms with E-state index in [1.54, 1.807) is 20.1 Å². The number of hydrogen-bond donors (Lipinski definition) is 1. The smallest absolute Gasteiger partial charge is 0.272 e. The van der Waals surface area contributed by atoms with Crippen LogP contribution in [-0.4, -0.2) is 38.4 Å². The van der Waals surface area contributed by atoms with Crippen LogP contribution in [-0.2, 0) is 16.0 Å². The second kappa shape index (κ2) is 8.58. The average molecular weight is 268 g/mol. The van der Waals surface area contributed by atoms with E-state index >= 15 is 0 Å². The summed E-state index contributed by atoms with van der Waals surface area (Å²) in [6, 6.07) is 5.12. The molecule has 0 radical (unpaired) electrons. The topological polar surface area (TPSA) is 73.6 Å². The van der Waals surface area contributed by atoms with E-state index in [2.05, 4.69) is 5.32 Å². The van der Waals surface area contributed by atoms with Crippen LogP contribution in [0, 0.1) is 17.0 Å². The van der Waals surface area contributed by atoms with Crippen LogP contribution in [0.25, 0.3) is 0 Å². The highest BCUT2D eigenvalue weighted by molar-refractivity contribution is 5.44. The molecule has 0 heterocycles. The molecule has 0 aromatic heterocycles. The van der Waals surface area contributed by atoms with Gasteiger partial charge in [0.15, 0.2) is 0 Å². The van der Waals surface area contributed by atoms with Gasteiger partial charge in [0, 0.05) is 31.8 Å². The van der Waals surface area contributed by atoms with Crippen molar-refractivity contribution in [3.8, 4) is 0 Å². The maximum absolute atomic E-state index is 10.8. The lowest BCUT2D eigenvalue weighted by Gasteiger charge is -2.08. The molecule has 0 unspecified atom stereocenters. The van der Waals surface area contributed by atoms with Gasteiger partial charge in [0.05, 0.1) is 24.7 Å². The molecule has 0 fully saturated rings. The summed E-state index contributed by atoms with van der Waals surface area (Å²) in [6.07, 6.45) is 0. The van der Waals surface area contributed by atoms with Crippen molar-refractivity contribution in [2.75, 3.05) is 33.5 Å². The molecule has 1 aromatic carbocycles. The number of nitrogens with zero attached hydrogens (tertiary/aromatic N) is 1. The Morgan fingerprint density at radius 2 is 2.11 bits per heavy atom. The fourth-order valence-electron chi connectivity index (χ4n) is 1.67. The highest BCUT2D eigenvalue weighted by atomic mass is 16.6. The highest BCUT2D eigenvalue weighted by Gasteiger charge is 2.12. The van der Waals surface area contributed by atoms with E-state index in [0.29, 0.717) is 38.5 Å². The van der Waals surface area contributed by atoms with Crippen LogP contribution in [0.4, 0.5) is 5.69 Å². The van der Waals surface area contributed by atoms with Crippen LogP contribution in [0.5, 0.6) is 0 Å². The largest absolute Gasteiger partial charge is 0.382 e. The fourth-order valence-corrected chi connectivity index (χ4v) is 1.67. The highest BCUT2D eigenvalue weighted by Crippen LogP contribution is 2.20. The molecule has 0 aliphatic heterocycles. The van der Waals surface area contributed by atoms with E-state index < -0.39 is 0 Å². The summed E-state index contributed by atoms with van der Waals surface area (Å²) >= 11 is 0. The molecule has 1 aromatic rings. The number of nitro benzene ring substituents is 1. The van der Waals surface area contributed by atoms with Crippen molar-refractivity contribution in [2.24, 2.45) is 0 Å². The summed E-state index contributed by atoms with van der Waals surface area (Å²) < 4.78 is 10.2. The Morgan fingerprint density at radius 3 is 2.79 bits per heavy atom. The molecule has 0 bridgehead atoms. The van der Waals surface area contributed by atoms with Crippen molar-refractivity contribution in [2.45, 2.75) is 13.5 Å². The predicted octanol–water partition coefficient (Wildman–Crippen LogP) is 1.66. The first-order chi connectivity index (χ1) is 9.16. The third kappa shape index (κ3) is 5.34. The van der Waals surface area contributed by atoms with Crippen LogP contribution in [0.15, 0.2) is 18.2 Å². The average Bonchev–Trinajstić information content (AvgIpc) is 2.39. The van der Waals surface area contributed by atoms with Crippen molar-refractivity contribution < 1.29 is 14.4 Å². The van der Waals surface area contributed by atoms with Gasteiger partial charge in [0.1, 0.15) is 0 Å². The number of ether oxygens (including phenoxy) is 2. The third-order valence-electron chi connectivity index (χ3n) is 2.78. The van der Waals surface area contributed by atoms with Crippen molar-refractivity contribution in [1.82, 2.24) is 5.32 Å². The summed E-state index contributed by atoms with van der Waals surface area (Å²) in [5, 5.41) is 14.0. The van der Waals surface area contributed by atoms with E-state index in [-0.39, 0.29) is 10.6 Å². The molecular formula is C13H20N2O4. The van der Waals surface area contributed by atoms with Crippen LogP contribution in [0.3, 0.4) is 0 Å². The molecule has 0 atom stereocenters. The Kier molecular flexibility index (Phi) is 7.02. The number of methoxy groups -OCH3 is 1. The van der Waals surface area contributed by atoms with Crippen LogP contribution in [0.1, 0.15) is 11.1 Å². The van der Waals surface area contributed by atoms with Crippen LogP contribution >= 0.6 is 0 Å². The normalized spacial score (nSPS) is 10.6. The standard InChI is InChI=1S/C13H20N2O4/c1-11-12(4-3-5-13(11)15(16)17)10-14-6-7-19-9-8-18-2/h3-5,14H,6-10H2,1-2H3. The van der Waals surface area contributed by atoms with Gasteiger partial charge in [-0.1, -0.05) is 12.1 Å². The zero-order valence-corrected chi connectivity index (χ0v) is 11.3. The minimum atomic E-state index is -0.354. The van der Waals surface area contributed by atoms with Crippen molar-refractivity contribution in [3.05, 3.63) is 39.4 Å². The van der Waals surface area contributed by atoms with Gasteiger partial charge < -0.3 is 14.8 Å². The molecule has 0 amide bonds. The fraction of sp³-hybridized carbons (Fsp3) is 0.538. The van der Waals surface area contributed by atoms with Gasteiger partial charge in [0.25, 0.3) is 5.69 Å². The summed E-state index contributed by atoms with van der Waals surface area (Å²) in [5.41, 5.74) is 1.81. The molecule has 0 aliphatic carbocycles. The van der Waals surface area contributed by atoms with Crippen molar-refractivity contribution in [1.29, 1.82) is 0 Å². The molecule has 0 saturated heterocycles. The van der Waals surface area contributed by atoms with E-state index in [1.807, 2.05) is 6.07 Å². The molecule has 0 aliphatic rings. The number of rotatable bonds is 9. The number of nitro groups is 1. The number of nitrogens with one attached hydrogen (secondary N) is 1. The first-order valence-corrected chi connectivity index (χ1v) is 6.17. The van der Waals surface area contributed by atoms with Crippen molar-refractivity contribution in [3.63, 3.8) is 0 Å². The van der Waals surface area contributed by atoms with E-state index in [1.165, 1.54) is 6.07 Å². The second-order valence-electron chi connectivity index (χ2n) is 4.10. The number of hydrogen-bond acceptors (Lipinski definition) is 5. The van der Waals surface area contributed by atoms with Gasteiger partial charge >= 0.3 is 0 Å². The van der Waals surface area contributed by atoms with Crippen LogP contribution < -0.4 is 5.32 Å². The Morgan fingerprint density at radius 1 is 1.32 bits per heavy atom. The summed E-state index contributed by atoms with van der Waals surface area (Å²) in [6.45, 7) is 4.83. The summed E-state index contributed by atoms with van der Waals surface area (Å²) in [5.74, 6) is 0. The van der Waals surface area contributed by atoms with Gasteiger partial charge in [-0.2, -0.15) is 0 Å². The van der Waals surface area contributed by atoms with Gasteiger partial charge in [-0.05, 0) is 12.5 Å². The van der Waals surface area contributed by atoms with Gasteiger partial charge in [-0.15, -0.1) is 0 Å². The predicted molar refractivity (Wildman–Crippen MR) is 72.2 cm³/mol. The first kappa shape index (κ1) is 15.6. The summed E-state index contributed by atoms with van der Waals surface area (Å²) in [4.78, 5) is 10.4. The molecule has 19 heavy (non-hydrogen) atoms. The Bertz CT molecular complexity index is 410. The lowest BCUT2D eigenvalue weighted by atomic mass is 10.1. The SMILES string of the molecule is COCCOCCNCc1cccc([N+](=O)[O-])c1C. The zero-order valence-electron chi connectivity index (χ0n) is 11.3. The lowest BCUT2D eigenvalue weighted by molar-refractivity contribution is -0.385. The molecule has 0 saturated carbocycles. The molecule has 1 N–H and O–H groups in total. The third-order valence-corrected chi connectivity index (χ3v) is 2.78. The monoisotopic (exact) mass is 268 g/mol. The Hall–Kier alpha value is -1.50. The quantitative estimate of drug-likeness (QED) is 0.419. The Balaban J connectivity index is 2.33. The van der Waals surface area contributed by atoms with Crippen LogP contribution in [0.2, 0.25) is 0 Å². The Labute approximate surface area is 112 Å². The second-order valence-corrected chi connectivity index (χ2v) is 4.10. The molecule has 6 nitrogen and oxygen atoms in total. The lowest BCUT2D eigenvalue weighted by Crippen LogP contribution is -2.20.